The molecule has 1 amide bonds. The zero-order valence-electron chi connectivity index (χ0n) is 10.2. The predicted molar refractivity (Wildman–Crippen MR) is 67.1 cm³/mol. The van der Waals surface area contributed by atoms with Crippen LogP contribution in [0.2, 0.25) is 5.02 Å². The molecule has 2 rings (SSSR count). The molecule has 1 aromatic carbocycles. The van der Waals surface area contributed by atoms with Crippen molar-refractivity contribution in [3.63, 3.8) is 0 Å². The first-order chi connectivity index (χ1) is 9.04. The molecule has 1 unspecified atom stereocenters. The molecular formula is C13H14ClF2NO2. The third kappa shape index (κ3) is 2.87. The fourth-order valence-electron chi connectivity index (χ4n) is 2.30. The van der Waals surface area contributed by atoms with Crippen LogP contribution in [0.15, 0.2) is 12.1 Å². The van der Waals surface area contributed by atoms with E-state index in [1.165, 1.54) is 4.90 Å². The van der Waals surface area contributed by atoms with Gasteiger partial charge < -0.3 is 10.0 Å². The maximum atomic E-state index is 13.7. The number of nitrogens with zero attached hydrogens (tertiary/aromatic N) is 1. The van der Waals surface area contributed by atoms with E-state index in [1.807, 2.05) is 0 Å². The molecule has 1 atom stereocenters. The first-order valence-corrected chi connectivity index (χ1v) is 6.48. The van der Waals surface area contributed by atoms with Crippen LogP contribution in [0.3, 0.4) is 0 Å². The number of hydrogen-bond donors (Lipinski definition) is 1. The molecule has 104 valence electrons. The lowest BCUT2D eigenvalue weighted by Crippen LogP contribution is -2.45. The van der Waals surface area contributed by atoms with Crippen molar-refractivity contribution in [2.45, 2.75) is 25.3 Å². The van der Waals surface area contributed by atoms with Gasteiger partial charge in [0.2, 0.25) is 0 Å². The number of benzene rings is 1. The van der Waals surface area contributed by atoms with Crippen molar-refractivity contribution >= 4 is 17.5 Å². The first kappa shape index (κ1) is 14.2. The molecule has 1 heterocycles. The summed E-state index contributed by atoms with van der Waals surface area (Å²) in [5.41, 5.74) is -0.345. The Morgan fingerprint density at radius 1 is 1.37 bits per heavy atom. The first-order valence-electron chi connectivity index (χ1n) is 6.11. The van der Waals surface area contributed by atoms with Gasteiger partial charge in [0.05, 0.1) is 23.2 Å². The van der Waals surface area contributed by atoms with Crippen LogP contribution in [-0.2, 0) is 0 Å². The largest absolute Gasteiger partial charge is 0.394 e. The Kier molecular flexibility index (Phi) is 4.37. The van der Waals surface area contributed by atoms with Crippen LogP contribution in [0.25, 0.3) is 0 Å². The van der Waals surface area contributed by atoms with Gasteiger partial charge in [-0.3, -0.25) is 4.79 Å². The number of halogens is 3. The van der Waals surface area contributed by atoms with Crippen molar-refractivity contribution in [1.29, 1.82) is 0 Å². The van der Waals surface area contributed by atoms with Gasteiger partial charge in [-0.25, -0.2) is 8.78 Å². The fraction of sp³-hybridized carbons (Fsp3) is 0.462. The summed E-state index contributed by atoms with van der Waals surface area (Å²) in [6.45, 7) is 0.261. The van der Waals surface area contributed by atoms with E-state index in [1.54, 1.807) is 0 Å². The molecule has 0 radical (unpaired) electrons. The van der Waals surface area contributed by atoms with E-state index in [4.69, 9.17) is 11.6 Å². The molecule has 1 aliphatic heterocycles. The lowest BCUT2D eigenvalue weighted by Gasteiger charge is -2.34. The quantitative estimate of drug-likeness (QED) is 0.850. The van der Waals surface area contributed by atoms with Gasteiger partial charge in [-0.1, -0.05) is 11.6 Å². The molecule has 0 saturated carbocycles. The Bertz CT molecular complexity index is 496. The highest BCUT2D eigenvalue weighted by Gasteiger charge is 2.29. The number of rotatable bonds is 2. The van der Waals surface area contributed by atoms with Gasteiger partial charge in [-0.15, -0.1) is 0 Å². The average Bonchev–Trinajstić information content (AvgIpc) is 2.42. The molecule has 1 saturated heterocycles. The van der Waals surface area contributed by atoms with E-state index < -0.39 is 17.5 Å². The highest BCUT2D eigenvalue weighted by molar-refractivity contribution is 6.30. The van der Waals surface area contributed by atoms with Crippen LogP contribution in [0.4, 0.5) is 8.78 Å². The lowest BCUT2D eigenvalue weighted by molar-refractivity contribution is 0.0498. The molecule has 1 aliphatic rings. The van der Waals surface area contributed by atoms with E-state index in [9.17, 15) is 18.7 Å². The third-order valence-corrected chi connectivity index (χ3v) is 3.63. The third-order valence-electron chi connectivity index (χ3n) is 3.34. The SMILES string of the molecule is O=C(c1cc(F)c(Cl)cc1F)N1CCCCC1CO. The average molecular weight is 290 g/mol. The zero-order valence-corrected chi connectivity index (χ0v) is 11.0. The molecule has 0 spiro atoms. The number of hydrogen-bond acceptors (Lipinski definition) is 2. The summed E-state index contributed by atoms with van der Waals surface area (Å²) >= 11 is 5.45. The molecule has 0 bridgehead atoms. The highest BCUT2D eigenvalue weighted by atomic mass is 35.5. The van der Waals surface area contributed by atoms with Gasteiger partial charge in [0, 0.05) is 6.54 Å². The summed E-state index contributed by atoms with van der Waals surface area (Å²) in [6.07, 6.45) is 2.37. The lowest BCUT2D eigenvalue weighted by atomic mass is 10.0. The molecule has 6 heteroatoms. The molecule has 1 N–H and O–H groups in total. The minimum absolute atomic E-state index is 0.177. The molecule has 3 nitrogen and oxygen atoms in total. The van der Waals surface area contributed by atoms with Gasteiger partial charge >= 0.3 is 0 Å². The smallest absolute Gasteiger partial charge is 0.257 e. The highest BCUT2D eigenvalue weighted by Crippen LogP contribution is 2.24. The molecule has 1 fully saturated rings. The summed E-state index contributed by atoms with van der Waals surface area (Å²) in [5.74, 6) is -2.28. The standard InChI is InChI=1S/C13H14ClF2NO2/c14-10-6-11(15)9(5-12(10)16)13(19)17-4-2-1-3-8(17)7-18/h5-6,8,18H,1-4,7H2. The Hall–Kier alpha value is -1.20. The minimum atomic E-state index is -0.848. The van der Waals surface area contributed by atoms with Gasteiger partial charge in [-0.2, -0.15) is 0 Å². The predicted octanol–water partition coefficient (Wildman–Crippen LogP) is 2.61. The van der Waals surface area contributed by atoms with Crippen molar-refractivity contribution in [3.05, 3.63) is 34.4 Å². The Morgan fingerprint density at radius 2 is 2.11 bits per heavy atom. The van der Waals surface area contributed by atoms with E-state index in [-0.39, 0.29) is 23.2 Å². The number of carbonyl (C=O) groups excluding carboxylic acids is 1. The second kappa shape index (κ2) is 5.84. The fourth-order valence-corrected chi connectivity index (χ4v) is 2.45. The topological polar surface area (TPSA) is 40.5 Å². The molecular weight excluding hydrogens is 276 g/mol. The van der Waals surface area contributed by atoms with Gasteiger partial charge in [0.15, 0.2) is 0 Å². The second-order valence-electron chi connectivity index (χ2n) is 4.58. The number of carbonyl (C=O) groups is 1. The summed E-state index contributed by atoms with van der Waals surface area (Å²) in [6, 6.07) is 1.27. The van der Waals surface area contributed by atoms with E-state index >= 15 is 0 Å². The minimum Gasteiger partial charge on any atom is -0.394 e. The Balaban J connectivity index is 2.30. The van der Waals surface area contributed by atoms with Crippen molar-refractivity contribution in [1.82, 2.24) is 4.90 Å². The molecule has 0 aromatic heterocycles. The van der Waals surface area contributed by atoms with Crippen molar-refractivity contribution < 1.29 is 18.7 Å². The molecule has 19 heavy (non-hydrogen) atoms. The molecule has 0 aliphatic carbocycles. The van der Waals surface area contributed by atoms with Crippen LogP contribution >= 0.6 is 11.6 Å². The van der Waals surface area contributed by atoms with Crippen LogP contribution in [0, 0.1) is 11.6 Å². The van der Waals surface area contributed by atoms with Crippen LogP contribution in [0.1, 0.15) is 29.6 Å². The van der Waals surface area contributed by atoms with Gasteiger partial charge in [-0.05, 0) is 31.4 Å². The number of likely N-dealkylation sites (tertiary alicyclic amines) is 1. The maximum Gasteiger partial charge on any atom is 0.257 e. The van der Waals surface area contributed by atoms with Crippen LogP contribution < -0.4 is 0 Å². The zero-order chi connectivity index (χ0) is 14.0. The normalized spacial score (nSPS) is 19.6. The summed E-state index contributed by atoms with van der Waals surface area (Å²) in [4.78, 5) is 13.6. The Labute approximate surface area is 114 Å². The van der Waals surface area contributed by atoms with Crippen LogP contribution in [0.5, 0.6) is 0 Å². The van der Waals surface area contributed by atoms with Crippen molar-refractivity contribution in [2.24, 2.45) is 0 Å². The van der Waals surface area contributed by atoms with Gasteiger partial charge in [0.25, 0.3) is 5.91 Å². The number of amides is 1. The maximum absolute atomic E-state index is 13.7. The van der Waals surface area contributed by atoms with Crippen LogP contribution in [-0.4, -0.2) is 35.1 Å². The number of piperidine rings is 1. The second-order valence-corrected chi connectivity index (χ2v) is 4.98. The molecule has 1 aromatic rings. The monoisotopic (exact) mass is 289 g/mol. The van der Waals surface area contributed by atoms with E-state index in [0.29, 0.717) is 13.0 Å². The Morgan fingerprint density at radius 3 is 2.79 bits per heavy atom. The van der Waals surface area contributed by atoms with E-state index in [2.05, 4.69) is 0 Å². The van der Waals surface area contributed by atoms with E-state index in [0.717, 1.165) is 25.0 Å². The number of aliphatic hydroxyl groups is 1. The van der Waals surface area contributed by atoms with Crippen molar-refractivity contribution in [2.75, 3.05) is 13.2 Å². The van der Waals surface area contributed by atoms with Gasteiger partial charge in [0.1, 0.15) is 11.6 Å². The summed E-state index contributed by atoms with van der Waals surface area (Å²) in [5, 5.41) is 8.89. The summed E-state index contributed by atoms with van der Waals surface area (Å²) in [7, 11) is 0. The number of aliphatic hydroxyl groups excluding tert-OH is 1. The van der Waals surface area contributed by atoms with Crippen molar-refractivity contribution in [3.8, 4) is 0 Å². The summed E-state index contributed by atoms with van der Waals surface area (Å²) < 4.78 is 27.1.